The highest BCUT2D eigenvalue weighted by molar-refractivity contribution is 5.75. The Labute approximate surface area is 118 Å². The van der Waals surface area contributed by atoms with E-state index in [1.54, 1.807) is 4.90 Å². The van der Waals surface area contributed by atoms with E-state index in [-0.39, 0.29) is 12.5 Å². The maximum Gasteiger partial charge on any atom is 0.328 e. The van der Waals surface area contributed by atoms with Gasteiger partial charge in [-0.1, -0.05) is 26.7 Å². The summed E-state index contributed by atoms with van der Waals surface area (Å²) in [5.74, 6) is 0.375. The first-order valence-electron chi connectivity index (χ1n) is 7.09. The maximum absolute atomic E-state index is 12.2. The predicted octanol–water partition coefficient (Wildman–Crippen LogP) is 0.821. The second kappa shape index (κ2) is 7.67. The fourth-order valence-corrected chi connectivity index (χ4v) is 2.08. The van der Waals surface area contributed by atoms with E-state index in [0.717, 1.165) is 12.8 Å². The van der Waals surface area contributed by atoms with Crippen molar-refractivity contribution in [2.24, 2.45) is 5.92 Å². The van der Waals surface area contributed by atoms with Gasteiger partial charge < -0.3 is 4.90 Å². The van der Waals surface area contributed by atoms with Gasteiger partial charge >= 0.3 is 5.69 Å². The first-order valence-corrected chi connectivity index (χ1v) is 7.09. The van der Waals surface area contributed by atoms with Crippen LogP contribution in [0, 0.1) is 5.92 Å². The summed E-state index contributed by atoms with van der Waals surface area (Å²) in [4.78, 5) is 38.7. The lowest BCUT2D eigenvalue weighted by atomic mass is 10.0. The Morgan fingerprint density at radius 3 is 2.45 bits per heavy atom. The number of aromatic nitrogens is 2. The van der Waals surface area contributed by atoms with Gasteiger partial charge in [0.15, 0.2) is 0 Å². The number of carbonyl (C=O) groups is 1. The molecule has 112 valence electrons. The van der Waals surface area contributed by atoms with E-state index in [9.17, 15) is 14.4 Å². The Balaban J connectivity index is 2.77. The average Bonchev–Trinajstić information content (AvgIpc) is 2.43. The first-order chi connectivity index (χ1) is 9.51. The van der Waals surface area contributed by atoms with Crippen LogP contribution in [0.3, 0.4) is 0 Å². The third-order valence-electron chi connectivity index (χ3n) is 3.57. The van der Waals surface area contributed by atoms with E-state index in [4.69, 9.17) is 0 Å². The average molecular weight is 281 g/mol. The van der Waals surface area contributed by atoms with Crippen LogP contribution in [0.2, 0.25) is 0 Å². The standard InChI is InChI=1S/C14H23N3O3/c1-4-11(5-2)9-16(6-3)13(19)10-17-8-7-12(18)15-14(17)20/h7-8,11H,4-6,9-10H2,1-3H3,(H,15,18,20). The van der Waals surface area contributed by atoms with Crippen molar-refractivity contribution in [3.63, 3.8) is 0 Å². The third-order valence-corrected chi connectivity index (χ3v) is 3.57. The van der Waals surface area contributed by atoms with E-state index in [2.05, 4.69) is 18.8 Å². The summed E-state index contributed by atoms with van der Waals surface area (Å²) >= 11 is 0. The van der Waals surface area contributed by atoms with Crippen molar-refractivity contribution in [2.45, 2.75) is 40.2 Å². The minimum atomic E-state index is -0.551. The van der Waals surface area contributed by atoms with Crippen LogP contribution in [0.25, 0.3) is 0 Å². The minimum absolute atomic E-state index is 0.0381. The number of rotatable bonds is 7. The van der Waals surface area contributed by atoms with E-state index >= 15 is 0 Å². The Hall–Kier alpha value is -1.85. The van der Waals surface area contributed by atoms with Gasteiger partial charge in [0, 0.05) is 25.4 Å². The van der Waals surface area contributed by atoms with Crippen molar-refractivity contribution in [1.29, 1.82) is 0 Å². The fourth-order valence-electron chi connectivity index (χ4n) is 2.08. The molecule has 1 heterocycles. The van der Waals surface area contributed by atoms with Crippen LogP contribution < -0.4 is 11.2 Å². The molecular formula is C14H23N3O3. The Kier molecular flexibility index (Phi) is 6.21. The maximum atomic E-state index is 12.2. The SMILES string of the molecule is CCC(CC)CN(CC)C(=O)Cn1ccc(=O)[nH]c1=O. The van der Waals surface area contributed by atoms with Gasteiger partial charge in [-0.15, -0.1) is 0 Å². The summed E-state index contributed by atoms with van der Waals surface area (Å²) in [5.41, 5.74) is -1.01. The molecule has 1 aromatic heterocycles. The highest BCUT2D eigenvalue weighted by Crippen LogP contribution is 2.10. The summed E-state index contributed by atoms with van der Waals surface area (Å²) < 4.78 is 1.22. The number of likely N-dealkylation sites (N-methyl/N-ethyl adjacent to an activating group) is 1. The van der Waals surface area contributed by atoms with Crippen molar-refractivity contribution >= 4 is 5.91 Å². The highest BCUT2D eigenvalue weighted by Gasteiger charge is 2.16. The molecule has 0 aliphatic rings. The smallest absolute Gasteiger partial charge is 0.328 e. The van der Waals surface area contributed by atoms with Crippen molar-refractivity contribution in [3.8, 4) is 0 Å². The molecule has 1 aromatic rings. The minimum Gasteiger partial charge on any atom is -0.341 e. The van der Waals surface area contributed by atoms with E-state index in [1.807, 2.05) is 6.92 Å². The largest absolute Gasteiger partial charge is 0.341 e. The van der Waals surface area contributed by atoms with Crippen molar-refractivity contribution in [2.75, 3.05) is 13.1 Å². The number of hydrogen-bond donors (Lipinski definition) is 1. The topological polar surface area (TPSA) is 75.2 Å². The second-order valence-electron chi connectivity index (χ2n) is 4.85. The number of H-pyrrole nitrogens is 1. The molecule has 6 nitrogen and oxygen atoms in total. The molecule has 1 rings (SSSR count). The molecule has 0 saturated heterocycles. The summed E-state index contributed by atoms with van der Waals surface area (Å²) in [5, 5.41) is 0. The quantitative estimate of drug-likeness (QED) is 0.804. The molecule has 1 amide bonds. The molecule has 0 aliphatic carbocycles. The number of aromatic amines is 1. The Morgan fingerprint density at radius 2 is 1.95 bits per heavy atom. The van der Waals surface area contributed by atoms with Gasteiger partial charge in [-0.25, -0.2) is 4.79 Å². The molecule has 0 saturated carbocycles. The summed E-state index contributed by atoms with van der Waals surface area (Å²) in [7, 11) is 0. The van der Waals surface area contributed by atoms with Crippen LogP contribution in [0.4, 0.5) is 0 Å². The number of hydrogen-bond acceptors (Lipinski definition) is 3. The van der Waals surface area contributed by atoms with Crippen molar-refractivity contribution in [3.05, 3.63) is 33.1 Å². The molecule has 0 bridgehead atoms. The zero-order valence-corrected chi connectivity index (χ0v) is 12.4. The Morgan fingerprint density at radius 1 is 1.30 bits per heavy atom. The van der Waals surface area contributed by atoms with E-state index < -0.39 is 11.2 Å². The van der Waals surface area contributed by atoms with Gasteiger partial charge in [-0.2, -0.15) is 0 Å². The zero-order valence-electron chi connectivity index (χ0n) is 12.4. The molecule has 0 unspecified atom stereocenters. The monoisotopic (exact) mass is 281 g/mol. The molecule has 0 aliphatic heterocycles. The summed E-state index contributed by atoms with van der Waals surface area (Å²) in [6.07, 6.45) is 3.40. The normalized spacial score (nSPS) is 10.8. The Bertz CT molecular complexity index is 543. The molecule has 20 heavy (non-hydrogen) atoms. The molecule has 0 atom stereocenters. The second-order valence-corrected chi connectivity index (χ2v) is 4.85. The number of amides is 1. The van der Waals surface area contributed by atoms with Crippen LogP contribution in [0.15, 0.2) is 21.9 Å². The zero-order chi connectivity index (χ0) is 15.1. The molecular weight excluding hydrogens is 258 g/mol. The third kappa shape index (κ3) is 4.36. The van der Waals surface area contributed by atoms with Crippen molar-refractivity contribution < 1.29 is 4.79 Å². The number of carbonyl (C=O) groups excluding carboxylic acids is 1. The lowest BCUT2D eigenvalue weighted by molar-refractivity contribution is -0.132. The summed E-state index contributed by atoms with van der Waals surface area (Å²) in [6, 6.07) is 1.24. The van der Waals surface area contributed by atoms with Gasteiger partial charge in [0.2, 0.25) is 5.91 Å². The van der Waals surface area contributed by atoms with Gasteiger partial charge in [0.05, 0.1) is 0 Å². The van der Waals surface area contributed by atoms with E-state index in [1.165, 1.54) is 16.8 Å². The van der Waals surface area contributed by atoms with Gasteiger partial charge in [-0.3, -0.25) is 19.1 Å². The molecule has 1 N–H and O–H groups in total. The number of nitrogens with one attached hydrogen (secondary N) is 1. The first kappa shape index (κ1) is 16.2. The molecule has 0 aromatic carbocycles. The lowest BCUT2D eigenvalue weighted by Gasteiger charge is -2.25. The molecule has 6 heteroatoms. The van der Waals surface area contributed by atoms with Gasteiger partial charge in [0.1, 0.15) is 6.54 Å². The number of nitrogens with zero attached hydrogens (tertiary/aromatic N) is 2. The van der Waals surface area contributed by atoms with Crippen molar-refractivity contribution in [1.82, 2.24) is 14.5 Å². The van der Waals surface area contributed by atoms with Gasteiger partial charge in [0.25, 0.3) is 5.56 Å². The van der Waals surface area contributed by atoms with Crippen LogP contribution in [0.5, 0.6) is 0 Å². The highest BCUT2D eigenvalue weighted by atomic mass is 16.2. The fraction of sp³-hybridized carbons (Fsp3) is 0.643. The molecule has 0 radical (unpaired) electrons. The van der Waals surface area contributed by atoms with Crippen LogP contribution >= 0.6 is 0 Å². The van der Waals surface area contributed by atoms with Crippen LogP contribution in [-0.4, -0.2) is 33.4 Å². The summed E-state index contributed by atoms with van der Waals surface area (Å²) in [6.45, 7) is 7.44. The van der Waals surface area contributed by atoms with Gasteiger partial charge in [-0.05, 0) is 12.8 Å². The predicted molar refractivity (Wildman–Crippen MR) is 77.6 cm³/mol. The van der Waals surface area contributed by atoms with Crippen LogP contribution in [0.1, 0.15) is 33.6 Å². The molecule has 0 fully saturated rings. The van der Waals surface area contributed by atoms with Crippen LogP contribution in [-0.2, 0) is 11.3 Å². The van der Waals surface area contributed by atoms with E-state index in [0.29, 0.717) is 19.0 Å². The lowest BCUT2D eigenvalue weighted by Crippen LogP contribution is -2.40. The molecule has 0 spiro atoms.